The van der Waals surface area contributed by atoms with Gasteiger partial charge in [-0.05, 0) is 40.2 Å². The number of carbonyl (C=O) groups is 1. The number of hydrogen-bond acceptors (Lipinski definition) is 3. The molecule has 0 spiro atoms. The molecule has 1 aliphatic rings. The SMILES string of the molecule is Cc1nn(Cc2ccccc2)c(C)c1[C@H]1CC(=O)Nc2c1cnn2C(C)(C)C. The molecular formula is C22H27N5O. The minimum atomic E-state index is -0.204. The Morgan fingerprint density at radius 2 is 1.89 bits per heavy atom. The lowest BCUT2D eigenvalue weighted by atomic mass is 9.86. The fraction of sp³-hybridized carbons (Fsp3) is 0.409. The predicted molar refractivity (Wildman–Crippen MR) is 110 cm³/mol. The summed E-state index contributed by atoms with van der Waals surface area (Å²) >= 11 is 0. The number of fused-ring (bicyclic) bond motifs is 1. The number of carbonyl (C=O) groups excluding carboxylic acids is 1. The molecular weight excluding hydrogens is 350 g/mol. The number of nitrogens with zero attached hydrogens (tertiary/aromatic N) is 4. The van der Waals surface area contributed by atoms with Gasteiger partial charge in [0.05, 0.1) is 24.0 Å². The van der Waals surface area contributed by atoms with Gasteiger partial charge in [0.15, 0.2) is 0 Å². The summed E-state index contributed by atoms with van der Waals surface area (Å²) in [5.41, 5.74) is 5.30. The summed E-state index contributed by atoms with van der Waals surface area (Å²) in [5, 5.41) is 12.4. The molecule has 1 N–H and O–H groups in total. The number of benzene rings is 1. The van der Waals surface area contributed by atoms with E-state index in [-0.39, 0.29) is 17.4 Å². The van der Waals surface area contributed by atoms with Crippen molar-refractivity contribution in [2.45, 2.75) is 59.0 Å². The van der Waals surface area contributed by atoms with Gasteiger partial charge in [0.2, 0.25) is 5.91 Å². The van der Waals surface area contributed by atoms with Crippen LogP contribution in [0.5, 0.6) is 0 Å². The first-order chi connectivity index (χ1) is 13.3. The van der Waals surface area contributed by atoms with Crippen LogP contribution < -0.4 is 5.32 Å². The maximum Gasteiger partial charge on any atom is 0.226 e. The van der Waals surface area contributed by atoms with Crippen molar-refractivity contribution >= 4 is 11.7 Å². The van der Waals surface area contributed by atoms with Gasteiger partial charge in [0.25, 0.3) is 0 Å². The van der Waals surface area contributed by atoms with Crippen molar-refractivity contribution in [2.24, 2.45) is 0 Å². The molecule has 0 saturated heterocycles. The molecule has 0 unspecified atom stereocenters. The molecule has 3 heterocycles. The van der Waals surface area contributed by atoms with E-state index in [9.17, 15) is 4.79 Å². The van der Waals surface area contributed by atoms with Crippen molar-refractivity contribution in [1.82, 2.24) is 19.6 Å². The molecule has 6 nitrogen and oxygen atoms in total. The second kappa shape index (κ2) is 6.62. The topological polar surface area (TPSA) is 64.7 Å². The predicted octanol–water partition coefficient (Wildman–Crippen LogP) is 3.97. The monoisotopic (exact) mass is 377 g/mol. The van der Waals surface area contributed by atoms with Crippen LogP contribution in [-0.4, -0.2) is 25.5 Å². The van der Waals surface area contributed by atoms with E-state index in [1.165, 1.54) is 5.56 Å². The van der Waals surface area contributed by atoms with Crippen molar-refractivity contribution in [2.75, 3.05) is 5.32 Å². The highest BCUT2D eigenvalue weighted by molar-refractivity contribution is 5.94. The molecule has 28 heavy (non-hydrogen) atoms. The van der Waals surface area contributed by atoms with Gasteiger partial charge in [-0.1, -0.05) is 30.3 Å². The van der Waals surface area contributed by atoms with Crippen molar-refractivity contribution in [3.05, 3.63) is 64.6 Å². The second-order valence-corrected chi connectivity index (χ2v) is 8.56. The van der Waals surface area contributed by atoms with Crippen LogP contribution in [0.3, 0.4) is 0 Å². The Morgan fingerprint density at radius 3 is 2.57 bits per heavy atom. The molecule has 0 fully saturated rings. The minimum absolute atomic E-state index is 0.0237. The molecule has 2 aromatic heterocycles. The van der Waals surface area contributed by atoms with Crippen LogP contribution in [0.4, 0.5) is 5.82 Å². The lowest BCUT2D eigenvalue weighted by Gasteiger charge is -2.28. The van der Waals surface area contributed by atoms with Crippen molar-refractivity contribution in [1.29, 1.82) is 0 Å². The smallest absolute Gasteiger partial charge is 0.226 e. The normalized spacial score (nSPS) is 16.8. The third-order valence-corrected chi connectivity index (χ3v) is 5.42. The third kappa shape index (κ3) is 3.13. The molecule has 1 amide bonds. The van der Waals surface area contributed by atoms with Crippen LogP contribution in [0.1, 0.15) is 61.2 Å². The molecule has 0 bridgehead atoms. The Kier molecular flexibility index (Phi) is 4.37. The summed E-state index contributed by atoms with van der Waals surface area (Å²) in [7, 11) is 0. The minimum Gasteiger partial charge on any atom is -0.311 e. The van der Waals surface area contributed by atoms with E-state index in [0.29, 0.717) is 6.42 Å². The molecule has 6 heteroatoms. The molecule has 1 atom stereocenters. The highest BCUT2D eigenvalue weighted by atomic mass is 16.1. The number of hydrogen-bond donors (Lipinski definition) is 1. The number of aryl methyl sites for hydroxylation is 1. The highest BCUT2D eigenvalue weighted by Crippen LogP contribution is 2.41. The van der Waals surface area contributed by atoms with Crippen molar-refractivity contribution in [3.8, 4) is 0 Å². The second-order valence-electron chi connectivity index (χ2n) is 8.56. The lowest BCUT2D eigenvalue weighted by molar-refractivity contribution is -0.116. The van der Waals surface area contributed by atoms with E-state index in [0.717, 1.165) is 34.9 Å². The summed E-state index contributed by atoms with van der Waals surface area (Å²) in [5.74, 6) is 0.811. The maximum absolute atomic E-state index is 12.5. The molecule has 146 valence electrons. The molecule has 0 saturated carbocycles. The Labute approximate surface area is 165 Å². The van der Waals surface area contributed by atoms with E-state index < -0.39 is 0 Å². The first-order valence-electron chi connectivity index (χ1n) is 9.72. The fourth-order valence-corrected chi connectivity index (χ4v) is 4.11. The van der Waals surface area contributed by atoms with Gasteiger partial charge in [0.1, 0.15) is 5.82 Å². The van der Waals surface area contributed by atoms with Gasteiger partial charge in [-0.15, -0.1) is 0 Å². The van der Waals surface area contributed by atoms with Crippen molar-refractivity contribution in [3.63, 3.8) is 0 Å². The molecule has 4 rings (SSSR count). The largest absolute Gasteiger partial charge is 0.311 e. The number of rotatable bonds is 3. The van der Waals surface area contributed by atoms with Gasteiger partial charge < -0.3 is 5.32 Å². The van der Waals surface area contributed by atoms with E-state index in [1.807, 2.05) is 40.7 Å². The summed E-state index contributed by atoms with van der Waals surface area (Å²) < 4.78 is 3.95. The summed E-state index contributed by atoms with van der Waals surface area (Å²) in [4.78, 5) is 12.5. The van der Waals surface area contributed by atoms with E-state index >= 15 is 0 Å². The van der Waals surface area contributed by atoms with Crippen LogP contribution in [-0.2, 0) is 16.9 Å². The number of nitrogens with one attached hydrogen (secondary N) is 1. The van der Waals surface area contributed by atoms with Gasteiger partial charge in [0, 0.05) is 29.2 Å². The van der Waals surface area contributed by atoms with Crippen LogP contribution in [0, 0.1) is 13.8 Å². The Balaban J connectivity index is 1.77. The zero-order chi connectivity index (χ0) is 20.1. The van der Waals surface area contributed by atoms with E-state index in [2.05, 4.69) is 50.2 Å². The number of aromatic nitrogens is 4. The molecule has 0 aliphatic carbocycles. The standard InChI is InChI=1S/C22H27N5O/c1-14-20(15(2)26(25-14)13-16-9-7-6-8-10-16)17-11-19(28)24-21-18(17)12-23-27(21)22(3,4)5/h6-10,12,17H,11,13H2,1-5H3,(H,24,28)/t17-/m0/s1. The molecule has 3 aromatic rings. The lowest BCUT2D eigenvalue weighted by Crippen LogP contribution is -2.30. The highest BCUT2D eigenvalue weighted by Gasteiger charge is 2.35. The van der Waals surface area contributed by atoms with Crippen LogP contribution in [0.2, 0.25) is 0 Å². The first kappa shape index (κ1) is 18.5. The first-order valence-corrected chi connectivity index (χ1v) is 9.72. The quantitative estimate of drug-likeness (QED) is 0.751. The Hall–Kier alpha value is -2.89. The van der Waals surface area contributed by atoms with Crippen LogP contribution in [0.15, 0.2) is 36.5 Å². The van der Waals surface area contributed by atoms with E-state index in [1.54, 1.807) is 0 Å². The average Bonchev–Trinajstić information content (AvgIpc) is 3.16. The van der Waals surface area contributed by atoms with Gasteiger partial charge in [-0.3, -0.25) is 9.48 Å². The van der Waals surface area contributed by atoms with Crippen LogP contribution in [0.25, 0.3) is 0 Å². The Morgan fingerprint density at radius 1 is 1.18 bits per heavy atom. The third-order valence-electron chi connectivity index (χ3n) is 5.42. The zero-order valence-corrected chi connectivity index (χ0v) is 17.2. The molecule has 0 radical (unpaired) electrons. The van der Waals surface area contributed by atoms with Gasteiger partial charge in [-0.25, -0.2) is 4.68 Å². The number of amides is 1. The van der Waals surface area contributed by atoms with Gasteiger partial charge >= 0.3 is 0 Å². The maximum atomic E-state index is 12.5. The average molecular weight is 377 g/mol. The van der Waals surface area contributed by atoms with Crippen LogP contribution >= 0.6 is 0 Å². The van der Waals surface area contributed by atoms with Gasteiger partial charge in [-0.2, -0.15) is 10.2 Å². The number of anilines is 1. The molecule has 1 aliphatic heterocycles. The Bertz CT molecular complexity index is 1020. The summed E-state index contributed by atoms with van der Waals surface area (Å²) in [6.07, 6.45) is 2.32. The zero-order valence-electron chi connectivity index (χ0n) is 17.2. The fourth-order valence-electron chi connectivity index (χ4n) is 4.11. The summed E-state index contributed by atoms with van der Waals surface area (Å²) in [6, 6.07) is 10.3. The van der Waals surface area contributed by atoms with E-state index in [4.69, 9.17) is 5.10 Å². The summed E-state index contributed by atoms with van der Waals surface area (Å²) in [6.45, 7) is 11.1. The van der Waals surface area contributed by atoms with Crippen molar-refractivity contribution < 1.29 is 4.79 Å². The molecule has 1 aromatic carbocycles.